The Morgan fingerprint density at radius 1 is 0.763 bits per heavy atom. The van der Waals surface area contributed by atoms with Gasteiger partial charge in [-0.05, 0) is 56.3 Å². The predicted molar refractivity (Wildman–Crippen MR) is 132 cm³/mol. The first-order valence-corrected chi connectivity index (χ1v) is 12.4. The van der Waals surface area contributed by atoms with E-state index in [2.05, 4.69) is 23.7 Å². The van der Waals surface area contributed by atoms with E-state index in [0.717, 1.165) is 0 Å². The van der Waals surface area contributed by atoms with Crippen LogP contribution in [0.3, 0.4) is 0 Å². The number of allylic oxidation sites excluding steroid dienone is 3. The molecule has 0 amide bonds. The summed E-state index contributed by atoms with van der Waals surface area (Å²) in [5, 5.41) is 79.8. The molecule has 12 nitrogen and oxygen atoms in total. The predicted octanol–water partition coefficient (Wildman–Crippen LogP) is -2.70. The van der Waals surface area contributed by atoms with Crippen LogP contribution >= 0.6 is 0 Å². The Labute approximate surface area is 221 Å². The number of hydrogen-bond donors (Lipinski definition) is 8. The fraction of sp³-hybridized carbons (Fsp3) is 0.692. The summed E-state index contributed by atoms with van der Waals surface area (Å²) in [7, 11) is 0. The van der Waals surface area contributed by atoms with Crippen LogP contribution in [-0.2, 0) is 18.9 Å². The van der Waals surface area contributed by atoms with Gasteiger partial charge in [0.1, 0.15) is 48.8 Å². The zero-order valence-electron chi connectivity index (χ0n) is 21.1. The van der Waals surface area contributed by atoms with Crippen LogP contribution < -0.4 is 0 Å². The van der Waals surface area contributed by atoms with Crippen molar-refractivity contribution in [3.05, 3.63) is 24.3 Å². The van der Waals surface area contributed by atoms with Gasteiger partial charge in [-0.1, -0.05) is 17.9 Å². The third kappa shape index (κ3) is 9.10. The molecule has 0 unspecified atom stereocenters. The van der Waals surface area contributed by atoms with Crippen LogP contribution in [-0.4, -0.2) is 128 Å². The minimum atomic E-state index is -1.77. The summed E-state index contributed by atoms with van der Waals surface area (Å²) >= 11 is 0. The van der Waals surface area contributed by atoms with Gasteiger partial charge < -0.3 is 59.8 Å². The van der Waals surface area contributed by atoms with Crippen molar-refractivity contribution in [2.24, 2.45) is 0 Å². The van der Waals surface area contributed by atoms with Crippen LogP contribution in [0.25, 0.3) is 0 Å². The first-order valence-electron chi connectivity index (χ1n) is 12.4. The van der Waals surface area contributed by atoms with Crippen molar-refractivity contribution in [3.8, 4) is 23.7 Å². The van der Waals surface area contributed by atoms with Gasteiger partial charge >= 0.3 is 0 Å². The zero-order chi connectivity index (χ0) is 28.1. The Bertz CT molecular complexity index is 869. The van der Waals surface area contributed by atoms with Gasteiger partial charge in [0.15, 0.2) is 12.6 Å². The Balaban J connectivity index is 2.25. The summed E-state index contributed by atoms with van der Waals surface area (Å²) in [5.74, 6) is 10.8. The quantitative estimate of drug-likeness (QED) is 0.0994. The van der Waals surface area contributed by atoms with Crippen molar-refractivity contribution in [1.82, 2.24) is 0 Å². The summed E-state index contributed by atoms with van der Waals surface area (Å²) in [6, 6.07) is 0. The number of rotatable bonds is 11. The van der Waals surface area contributed by atoms with Gasteiger partial charge in [-0.2, -0.15) is 0 Å². The van der Waals surface area contributed by atoms with Crippen LogP contribution in [0, 0.1) is 23.7 Å². The highest BCUT2D eigenvalue weighted by atomic mass is 16.8. The fourth-order valence-electron chi connectivity index (χ4n) is 3.88. The van der Waals surface area contributed by atoms with Crippen LogP contribution in [0.4, 0.5) is 0 Å². The molecule has 0 aromatic carbocycles. The largest absolute Gasteiger partial charge is 0.396 e. The Morgan fingerprint density at radius 3 is 1.97 bits per heavy atom. The van der Waals surface area contributed by atoms with Gasteiger partial charge in [-0.15, -0.1) is 0 Å². The summed E-state index contributed by atoms with van der Waals surface area (Å²) < 4.78 is 22.7. The van der Waals surface area contributed by atoms with E-state index in [1.807, 2.05) is 6.92 Å². The maximum absolute atomic E-state index is 10.8. The lowest BCUT2D eigenvalue weighted by Crippen LogP contribution is -2.64. The molecule has 2 aliphatic heterocycles. The second-order valence-electron chi connectivity index (χ2n) is 8.80. The molecule has 0 aliphatic carbocycles. The van der Waals surface area contributed by atoms with Gasteiger partial charge in [0.2, 0.25) is 0 Å². The molecule has 38 heavy (non-hydrogen) atoms. The van der Waals surface area contributed by atoms with E-state index in [0.29, 0.717) is 19.3 Å². The van der Waals surface area contributed by atoms with Crippen molar-refractivity contribution in [2.45, 2.75) is 93.7 Å². The highest BCUT2D eigenvalue weighted by Crippen LogP contribution is 2.30. The third-order valence-electron chi connectivity index (χ3n) is 6.02. The molecule has 8 N–H and O–H groups in total. The molecule has 2 fully saturated rings. The van der Waals surface area contributed by atoms with Crippen LogP contribution in [0.5, 0.6) is 0 Å². The third-order valence-corrected chi connectivity index (χ3v) is 6.02. The summed E-state index contributed by atoms with van der Waals surface area (Å²) in [6.07, 6.45) is -8.10. The molecule has 0 spiro atoms. The molecule has 11 atom stereocenters. The molecule has 0 aromatic heterocycles. The van der Waals surface area contributed by atoms with E-state index in [1.54, 1.807) is 18.2 Å². The summed E-state index contributed by atoms with van der Waals surface area (Å²) in [4.78, 5) is 0. The molecule has 2 saturated heterocycles. The molecular weight excluding hydrogens is 504 g/mol. The average Bonchev–Trinajstić information content (AvgIpc) is 2.91. The molecule has 2 aliphatic rings. The van der Waals surface area contributed by atoms with Crippen molar-refractivity contribution < 1.29 is 59.8 Å². The zero-order valence-corrected chi connectivity index (χ0v) is 21.1. The molecule has 12 heteroatoms. The molecule has 0 saturated carbocycles. The second kappa shape index (κ2) is 16.9. The van der Waals surface area contributed by atoms with Gasteiger partial charge in [0, 0.05) is 6.61 Å². The van der Waals surface area contributed by atoms with E-state index in [-0.39, 0.29) is 6.61 Å². The lowest BCUT2D eigenvalue weighted by Gasteiger charge is -2.46. The average molecular weight is 543 g/mol. The van der Waals surface area contributed by atoms with E-state index in [9.17, 15) is 35.7 Å². The van der Waals surface area contributed by atoms with Gasteiger partial charge in [-0.3, -0.25) is 0 Å². The minimum absolute atomic E-state index is 0.0307. The van der Waals surface area contributed by atoms with E-state index in [4.69, 9.17) is 24.1 Å². The Morgan fingerprint density at radius 2 is 1.37 bits per heavy atom. The highest BCUT2D eigenvalue weighted by molar-refractivity contribution is 5.34. The lowest BCUT2D eigenvalue weighted by molar-refractivity contribution is -0.370. The normalized spacial score (nSPS) is 36.4. The summed E-state index contributed by atoms with van der Waals surface area (Å²) in [6.45, 7) is 0.459. The van der Waals surface area contributed by atoms with E-state index in [1.165, 1.54) is 6.08 Å². The first-order chi connectivity index (χ1) is 18.3. The number of aliphatic hydroxyl groups is 8. The van der Waals surface area contributed by atoms with Crippen molar-refractivity contribution in [2.75, 3.05) is 19.8 Å². The molecular formula is C26H38O12. The first kappa shape index (κ1) is 32.3. The van der Waals surface area contributed by atoms with Gasteiger partial charge in [-0.25, -0.2) is 0 Å². The maximum Gasteiger partial charge on any atom is 0.187 e. The number of hydrogen-bond acceptors (Lipinski definition) is 12. The minimum Gasteiger partial charge on any atom is -0.396 e. The van der Waals surface area contributed by atoms with E-state index < -0.39 is 80.7 Å². The monoisotopic (exact) mass is 542 g/mol. The van der Waals surface area contributed by atoms with Gasteiger partial charge in [0.05, 0.1) is 19.3 Å². The van der Waals surface area contributed by atoms with Crippen LogP contribution in [0.1, 0.15) is 26.2 Å². The molecule has 0 radical (unpaired) electrons. The Kier molecular flexibility index (Phi) is 14.4. The van der Waals surface area contributed by atoms with E-state index >= 15 is 0 Å². The highest BCUT2D eigenvalue weighted by Gasteiger charge is 2.51. The smallest absolute Gasteiger partial charge is 0.187 e. The maximum atomic E-state index is 10.8. The molecule has 0 bridgehead atoms. The fourth-order valence-corrected chi connectivity index (χ4v) is 3.88. The lowest BCUT2D eigenvalue weighted by atomic mass is 9.97. The summed E-state index contributed by atoms with van der Waals surface area (Å²) in [5.41, 5.74) is 0. The van der Waals surface area contributed by atoms with Crippen molar-refractivity contribution in [3.63, 3.8) is 0 Å². The SMILES string of the molecule is C/C=C/C#CC#C/C=C/[C@H](CCCCO)O[C@@H]1O[C@H](CO)[C@@H](O)[C@H](O)[C@H]1O[C@@H]1O[C@H](CO)[C@@H](O)[C@H](O)[C@H]1O. The number of aliphatic hydroxyl groups excluding tert-OH is 8. The molecule has 2 rings (SSSR count). The van der Waals surface area contributed by atoms with Crippen LogP contribution in [0.2, 0.25) is 0 Å². The second-order valence-corrected chi connectivity index (χ2v) is 8.80. The van der Waals surface area contributed by atoms with Crippen molar-refractivity contribution in [1.29, 1.82) is 0 Å². The van der Waals surface area contributed by atoms with Gasteiger partial charge in [0.25, 0.3) is 0 Å². The standard InChI is InChI=1S/C26H38O12/c1-2-3-4-5-6-7-8-11-16(12-9-10-13-27)35-26-24(22(33)20(31)18(15-29)37-26)38-25-23(34)21(32)19(30)17(14-28)36-25/h2-3,8,11,16-34H,9-10,12-15H2,1H3/b3-2+,11-8+/t16-,17-,18-,19-,20-,21+,22+,23-,24-,25+,26-/m1/s1. The molecule has 0 aromatic rings. The molecule has 2 heterocycles. The van der Waals surface area contributed by atoms with Crippen molar-refractivity contribution >= 4 is 0 Å². The number of ether oxygens (including phenoxy) is 4. The topological polar surface area (TPSA) is 199 Å². The number of unbranched alkanes of at least 4 members (excludes halogenated alkanes) is 1. The Hall–Kier alpha value is -1.88. The van der Waals surface area contributed by atoms with Crippen LogP contribution in [0.15, 0.2) is 24.3 Å². The molecule has 214 valence electrons.